The molecule has 3 aliphatic rings. The summed E-state index contributed by atoms with van der Waals surface area (Å²) in [6, 6.07) is 56.9. The van der Waals surface area contributed by atoms with Crippen molar-refractivity contribution in [2.24, 2.45) is 0 Å². The van der Waals surface area contributed by atoms with Crippen molar-refractivity contribution in [3.8, 4) is 44.5 Å². The third-order valence-electron chi connectivity index (χ3n) is 11.4. The average Bonchev–Trinajstić information content (AvgIpc) is 3.87. The van der Waals surface area contributed by atoms with Crippen molar-refractivity contribution < 1.29 is 0 Å². The fraction of sp³-hybridized carbons (Fsp3) is 0.0612. The third-order valence-corrected chi connectivity index (χ3v) is 11.4. The van der Waals surface area contributed by atoms with E-state index in [-0.39, 0.29) is 0 Å². The van der Waals surface area contributed by atoms with Crippen LogP contribution < -0.4 is 0 Å². The molecule has 49 heavy (non-hydrogen) atoms. The molecular formula is C49H32. The Morgan fingerprint density at radius 1 is 0.327 bits per heavy atom. The minimum atomic E-state index is 0.988. The van der Waals surface area contributed by atoms with E-state index < -0.39 is 0 Å². The van der Waals surface area contributed by atoms with E-state index >= 15 is 0 Å². The standard InChI is InChI=1S/C49H32/c1-2-11-30(12-3-1)36-26-33-23-24-42-46(45(33)29-36)28-34-14-10-20-43(48(34)42)49-40-18-8-6-16-38(40)47(39-17-7-9-19-41(39)49)35-22-21-32-25-31-13-4-5-15-37(31)44(32)27-35/h1-24,26-27H,25,28-29H2. The Labute approximate surface area is 286 Å². The van der Waals surface area contributed by atoms with Gasteiger partial charge in [-0.05, 0) is 136 Å². The fourth-order valence-electron chi connectivity index (χ4n) is 9.23. The van der Waals surface area contributed by atoms with Crippen molar-refractivity contribution in [3.63, 3.8) is 0 Å². The van der Waals surface area contributed by atoms with Crippen LogP contribution in [0.2, 0.25) is 0 Å². The first-order chi connectivity index (χ1) is 24.3. The number of allylic oxidation sites excluding steroid dienone is 1. The van der Waals surface area contributed by atoms with Crippen LogP contribution in [0, 0.1) is 0 Å². The van der Waals surface area contributed by atoms with Gasteiger partial charge in [-0.1, -0.05) is 152 Å². The van der Waals surface area contributed by atoms with Gasteiger partial charge in [0.05, 0.1) is 0 Å². The lowest BCUT2D eigenvalue weighted by atomic mass is 9.83. The zero-order valence-corrected chi connectivity index (χ0v) is 27.1. The first-order valence-corrected chi connectivity index (χ1v) is 17.5. The summed E-state index contributed by atoms with van der Waals surface area (Å²) in [6.07, 6.45) is 5.41. The van der Waals surface area contributed by atoms with E-state index in [9.17, 15) is 0 Å². The van der Waals surface area contributed by atoms with Crippen LogP contribution in [0.5, 0.6) is 0 Å². The zero-order chi connectivity index (χ0) is 32.1. The minimum Gasteiger partial charge on any atom is -0.0622 e. The van der Waals surface area contributed by atoms with Gasteiger partial charge in [0.2, 0.25) is 0 Å². The maximum atomic E-state index is 2.45. The molecule has 8 aromatic rings. The molecule has 0 bridgehead atoms. The van der Waals surface area contributed by atoms with Gasteiger partial charge in [0.1, 0.15) is 0 Å². The first kappa shape index (κ1) is 27.0. The number of hydrogen-bond donors (Lipinski definition) is 0. The van der Waals surface area contributed by atoms with Crippen LogP contribution in [0.25, 0.3) is 77.7 Å². The largest absolute Gasteiger partial charge is 0.0622 e. The smallest absolute Gasteiger partial charge is 0.00102 e. The number of rotatable bonds is 3. The predicted molar refractivity (Wildman–Crippen MR) is 207 cm³/mol. The molecule has 0 unspecified atom stereocenters. The van der Waals surface area contributed by atoms with Gasteiger partial charge in [-0.25, -0.2) is 0 Å². The topological polar surface area (TPSA) is 0 Å². The highest BCUT2D eigenvalue weighted by Crippen LogP contribution is 2.52. The van der Waals surface area contributed by atoms with Crippen LogP contribution in [0.3, 0.4) is 0 Å². The number of fused-ring (bicyclic) bond motifs is 10. The van der Waals surface area contributed by atoms with Gasteiger partial charge in [0, 0.05) is 0 Å². The number of hydrogen-bond acceptors (Lipinski definition) is 0. The van der Waals surface area contributed by atoms with Crippen LogP contribution in [0.15, 0.2) is 152 Å². The molecule has 0 spiro atoms. The molecule has 0 fully saturated rings. The quantitative estimate of drug-likeness (QED) is 0.172. The summed E-state index contributed by atoms with van der Waals surface area (Å²) in [4.78, 5) is 0. The summed E-state index contributed by atoms with van der Waals surface area (Å²) in [7, 11) is 0. The molecule has 0 heterocycles. The Morgan fingerprint density at radius 3 is 1.78 bits per heavy atom. The van der Waals surface area contributed by atoms with E-state index in [1.54, 1.807) is 0 Å². The Morgan fingerprint density at radius 2 is 0.980 bits per heavy atom. The lowest BCUT2D eigenvalue weighted by molar-refractivity contribution is 1.18. The highest BCUT2D eigenvalue weighted by molar-refractivity contribution is 6.23. The van der Waals surface area contributed by atoms with Crippen molar-refractivity contribution >= 4 is 33.2 Å². The van der Waals surface area contributed by atoms with Crippen molar-refractivity contribution in [1.82, 2.24) is 0 Å². The zero-order valence-electron chi connectivity index (χ0n) is 27.1. The normalized spacial score (nSPS) is 13.6. The van der Waals surface area contributed by atoms with E-state index in [0.717, 1.165) is 19.3 Å². The van der Waals surface area contributed by atoms with Crippen LogP contribution in [0.1, 0.15) is 38.9 Å². The van der Waals surface area contributed by atoms with Crippen LogP contribution >= 0.6 is 0 Å². The van der Waals surface area contributed by atoms with E-state index in [1.807, 2.05) is 0 Å². The molecule has 0 atom stereocenters. The van der Waals surface area contributed by atoms with Crippen molar-refractivity contribution in [2.75, 3.05) is 0 Å². The van der Waals surface area contributed by atoms with Gasteiger partial charge in [-0.2, -0.15) is 0 Å². The molecule has 0 heteroatoms. The Kier molecular flexibility index (Phi) is 5.66. The Balaban J connectivity index is 1.12. The maximum Gasteiger partial charge on any atom is -0.00102 e. The Bertz CT molecular complexity index is 2670. The van der Waals surface area contributed by atoms with Crippen LogP contribution in [-0.4, -0.2) is 0 Å². The lowest BCUT2D eigenvalue weighted by Gasteiger charge is -2.20. The lowest BCUT2D eigenvalue weighted by Crippen LogP contribution is -1.94. The summed E-state index contributed by atoms with van der Waals surface area (Å²) in [5, 5.41) is 5.24. The first-order valence-electron chi connectivity index (χ1n) is 17.5. The SMILES string of the molecule is C1=C(c2ccccc2)Cc2c1ccc1c2Cc2cccc(-c3c4ccccc4c(-c4ccc5c(c4)-c4ccccc4C5)c4ccccc34)c2-1. The van der Waals surface area contributed by atoms with Crippen LogP contribution in [0.4, 0.5) is 0 Å². The van der Waals surface area contributed by atoms with Crippen molar-refractivity contribution in [3.05, 3.63) is 191 Å². The van der Waals surface area contributed by atoms with Gasteiger partial charge >= 0.3 is 0 Å². The highest BCUT2D eigenvalue weighted by atomic mass is 14.3. The second kappa shape index (κ2) is 10.3. The molecule has 0 radical (unpaired) electrons. The van der Waals surface area contributed by atoms with Gasteiger partial charge in [0.25, 0.3) is 0 Å². The predicted octanol–water partition coefficient (Wildman–Crippen LogP) is 12.6. The van der Waals surface area contributed by atoms with Crippen molar-refractivity contribution in [1.29, 1.82) is 0 Å². The molecule has 228 valence electrons. The van der Waals surface area contributed by atoms with Crippen molar-refractivity contribution in [2.45, 2.75) is 19.3 Å². The van der Waals surface area contributed by atoms with E-state index in [1.165, 1.54) is 111 Å². The van der Waals surface area contributed by atoms with E-state index in [2.05, 4.69) is 158 Å². The monoisotopic (exact) mass is 620 g/mol. The molecule has 8 aromatic carbocycles. The molecule has 0 aliphatic heterocycles. The van der Waals surface area contributed by atoms with Gasteiger partial charge in [0.15, 0.2) is 0 Å². The molecule has 0 saturated heterocycles. The molecule has 0 nitrogen and oxygen atoms in total. The maximum absolute atomic E-state index is 2.45. The second-order valence-corrected chi connectivity index (χ2v) is 13.9. The summed E-state index contributed by atoms with van der Waals surface area (Å²) in [5.41, 5.74) is 22.3. The van der Waals surface area contributed by atoms with Crippen LogP contribution in [-0.2, 0) is 19.3 Å². The van der Waals surface area contributed by atoms with Gasteiger partial charge < -0.3 is 0 Å². The van der Waals surface area contributed by atoms with Gasteiger partial charge in [-0.15, -0.1) is 0 Å². The summed E-state index contributed by atoms with van der Waals surface area (Å²) in [6.45, 7) is 0. The molecule has 11 rings (SSSR count). The Hall–Kier alpha value is -5.98. The van der Waals surface area contributed by atoms with Gasteiger partial charge in [-0.3, -0.25) is 0 Å². The minimum absolute atomic E-state index is 0.988. The number of benzene rings is 8. The second-order valence-electron chi connectivity index (χ2n) is 13.9. The fourth-order valence-corrected chi connectivity index (χ4v) is 9.23. The highest BCUT2D eigenvalue weighted by Gasteiger charge is 2.29. The molecule has 3 aliphatic carbocycles. The van der Waals surface area contributed by atoms with E-state index in [4.69, 9.17) is 0 Å². The molecule has 0 aromatic heterocycles. The molecular weight excluding hydrogens is 589 g/mol. The molecule has 0 saturated carbocycles. The summed E-state index contributed by atoms with van der Waals surface area (Å²) in [5.74, 6) is 0. The molecule has 0 N–H and O–H groups in total. The summed E-state index contributed by atoms with van der Waals surface area (Å²) >= 11 is 0. The summed E-state index contributed by atoms with van der Waals surface area (Å²) < 4.78 is 0. The molecule has 0 amide bonds. The average molecular weight is 621 g/mol. The third kappa shape index (κ3) is 3.92. The van der Waals surface area contributed by atoms with E-state index in [0.29, 0.717) is 0 Å².